The Morgan fingerprint density at radius 2 is 1.59 bits per heavy atom. The molecule has 0 spiro atoms. The van der Waals surface area contributed by atoms with E-state index in [-0.39, 0.29) is 6.17 Å². The van der Waals surface area contributed by atoms with E-state index < -0.39 is 0 Å². The fourth-order valence-electron chi connectivity index (χ4n) is 6.65. The number of hydrogen-bond donors (Lipinski definition) is 1. The smallest absolute Gasteiger partial charge is 0.125 e. The zero-order chi connectivity index (χ0) is 29.6. The maximum atomic E-state index is 4.95. The second-order valence-electron chi connectivity index (χ2n) is 11.7. The Labute approximate surface area is 261 Å². The summed E-state index contributed by atoms with van der Waals surface area (Å²) in [7, 11) is 1.96. The van der Waals surface area contributed by atoms with Crippen molar-refractivity contribution in [3.05, 3.63) is 144 Å². The van der Waals surface area contributed by atoms with Crippen LogP contribution in [0.3, 0.4) is 0 Å². The highest BCUT2D eigenvalue weighted by Crippen LogP contribution is 2.43. The molecule has 0 bridgehead atoms. The van der Waals surface area contributed by atoms with Crippen LogP contribution < -0.4 is 5.32 Å². The molecule has 0 fully saturated rings. The average molecular weight is 588 g/mol. The predicted octanol–water partition coefficient (Wildman–Crippen LogP) is 10.2. The van der Waals surface area contributed by atoms with Gasteiger partial charge in [-0.15, -0.1) is 11.3 Å². The molecule has 2 aromatic heterocycles. The summed E-state index contributed by atoms with van der Waals surface area (Å²) in [6.45, 7) is 2.31. The lowest BCUT2D eigenvalue weighted by molar-refractivity contribution is 0.628. The summed E-state index contributed by atoms with van der Waals surface area (Å²) >= 11 is 1.91. The Morgan fingerprint density at radius 1 is 0.818 bits per heavy atom. The second kappa shape index (κ2) is 11.1. The number of nitrogens with one attached hydrogen (secondary N) is 1. The molecule has 0 aliphatic heterocycles. The number of aliphatic imine (C=N–C) groups is 1. The molecule has 3 nitrogen and oxygen atoms in total. The standard InChI is InChI=1S/C40H33N3S/c1-26-15-22-36-35(23-26)33-20-21-34-32-13-6-7-14-37(32)44-39(34)38(33)43(36)31-18-16-27(17-19-31)25-42-40(41-2)30-12-8-11-29(24-30)28-9-4-3-5-10-28/h3-22,24-26,40-41H,23H2,1-2H3. The van der Waals surface area contributed by atoms with Gasteiger partial charge in [0, 0.05) is 38.5 Å². The molecule has 0 radical (unpaired) electrons. The molecule has 2 unspecified atom stereocenters. The number of hydrogen-bond acceptors (Lipinski definition) is 3. The first-order valence-electron chi connectivity index (χ1n) is 15.3. The number of allylic oxidation sites excluding steroid dienone is 1. The van der Waals surface area contributed by atoms with Gasteiger partial charge in [0.2, 0.25) is 0 Å². The highest BCUT2D eigenvalue weighted by Gasteiger charge is 2.23. The van der Waals surface area contributed by atoms with Crippen molar-refractivity contribution >= 4 is 54.7 Å². The highest BCUT2D eigenvalue weighted by atomic mass is 32.1. The van der Waals surface area contributed by atoms with Crippen LogP contribution in [-0.4, -0.2) is 17.8 Å². The van der Waals surface area contributed by atoms with E-state index in [0.717, 1.165) is 17.5 Å². The molecule has 4 heteroatoms. The Kier molecular flexibility index (Phi) is 6.74. The molecule has 0 saturated heterocycles. The van der Waals surface area contributed by atoms with Gasteiger partial charge in [-0.2, -0.15) is 0 Å². The van der Waals surface area contributed by atoms with E-state index in [1.54, 1.807) is 0 Å². The van der Waals surface area contributed by atoms with E-state index in [0.29, 0.717) is 5.92 Å². The van der Waals surface area contributed by atoms with Crippen molar-refractivity contribution in [2.24, 2.45) is 10.9 Å². The Hall–Kier alpha value is -4.77. The summed E-state index contributed by atoms with van der Waals surface area (Å²) in [6, 6.07) is 41.4. The first-order chi connectivity index (χ1) is 21.7. The number of aromatic nitrogens is 1. The average Bonchev–Trinajstić information content (AvgIpc) is 3.61. The molecule has 214 valence electrons. The predicted molar refractivity (Wildman–Crippen MR) is 189 cm³/mol. The first kappa shape index (κ1) is 26.8. The molecule has 5 aromatic carbocycles. The third-order valence-corrected chi connectivity index (χ3v) is 10.0. The van der Waals surface area contributed by atoms with Crippen LogP contribution in [0.2, 0.25) is 0 Å². The minimum Gasteiger partial charge on any atom is -0.308 e. The molecule has 7 aromatic rings. The maximum absolute atomic E-state index is 4.95. The van der Waals surface area contributed by atoms with Gasteiger partial charge in [0.15, 0.2) is 0 Å². The van der Waals surface area contributed by atoms with Gasteiger partial charge in [-0.25, -0.2) is 0 Å². The number of nitrogens with zero attached hydrogens (tertiary/aromatic N) is 2. The lowest BCUT2D eigenvalue weighted by atomic mass is 9.93. The van der Waals surface area contributed by atoms with Crippen LogP contribution in [0.25, 0.3) is 54.0 Å². The fourth-order valence-corrected chi connectivity index (χ4v) is 7.89. The second-order valence-corrected chi connectivity index (χ2v) is 12.8. The summed E-state index contributed by atoms with van der Waals surface area (Å²) in [4.78, 5) is 4.95. The van der Waals surface area contributed by atoms with Gasteiger partial charge in [-0.05, 0) is 77.5 Å². The number of rotatable bonds is 6. The van der Waals surface area contributed by atoms with E-state index in [9.17, 15) is 0 Å². The van der Waals surface area contributed by atoms with E-state index in [1.165, 1.54) is 59.1 Å². The summed E-state index contributed by atoms with van der Waals surface area (Å²) in [5.74, 6) is 0.534. The lowest BCUT2D eigenvalue weighted by Crippen LogP contribution is -2.14. The van der Waals surface area contributed by atoms with Gasteiger partial charge in [0.1, 0.15) is 6.17 Å². The Balaban J connectivity index is 1.17. The number of benzene rings is 5. The maximum Gasteiger partial charge on any atom is 0.125 e. The van der Waals surface area contributed by atoms with Crippen LogP contribution >= 0.6 is 11.3 Å². The van der Waals surface area contributed by atoms with E-state index in [2.05, 4.69) is 144 Å². The molecule has 1 aliphatic carbocycles. The summed E-state index contributed by atoms with van der Waals surface area (Å²) < 4.78 is 5.18. The van der Waals surface area contributed by atoms with Gasteiger partial charge >= 0.3 is 0 Å². The monoisotopic (exact) mass is 587 g/mol. The lowest BCUT2D eigenvalue weighted by Gasteiger charge is -2.16. The van der Waals surface area contributed by atoms with Crippen LogP contribution in [0.15, 0.2) is 126 Å². The van der Waals surface area contributed by atoms with Crippen LogP contribution in [0.1, 0.15) is 35.5 Å². The minimum absolute atomic E-state index is 0.132. The molecule has 1 aliphatic rings. The van der Waals surface area contributed by atoms with E-state index >= 15 is 0 Å². The van der Waals surface area contributed by atoms with E-state index in [1.807, 2.05) is 24.6 Å². The zero-order valence-electron chi connectivity index (χ0n) is 24.9. The number of thiophene rings is 1. The summed E-state index contributed by atoms with van der Waals surface area (Å²) in [5, 5.41) is 7.42. The van der Waals surface area contributed by atoms with Gasteiger partial charge in [-0.3, -0.25) is 10.3 Å². The van der Waals surface area contributed by atoms with Crippen LogP contribution in [0.4, 0.5) is 0 Å². The third-order valence-electron chi connectivity index (χ3n) is 8.84. The van der Waals surface area contributed by atoms with Gasteiger partial charge in [-0.1, -0.05) is 104 Å². The molecule has 0 saturated carbocycles. The molecule has 2 atom stereocenters. The first-order valence-corrected chi connectivity index (χ1v) is 16.1. The molecule has 44 heavy (non-hydrogen) atoms. The molecular formula is C40H33N3S. The van der Waals surface area contributed by atoms with Crippen molar-refractivity contribution in [1.82, 2.24) is 9.88 Å². The van der Waals surface area contributed by atoms with Crippen molar-refractivity contribution in [2.75, 3.05) is 7.05 Å². The van der Waals surface area contributed by atoms with Crippen LogP contribution in [-0.2, 0) is 6.42 Å². The van der Waals surface area contributed by atoms with Crippen LogP contribution in [0, 0.1) is 5.92 Å². The highest BCUT2D eigenvalue weighted by molar-refractivity contribution is 7.26. The zero-order valence-corrected chi connectivity index (χ0v) is 25.7. The molecule has 2 heterocycles. The van der Waals surface area contributed by atoms with Crippen molar-refractivity contribution in [3.63, 3.8) is 0 Å². The van der Waals surface area contributed by atoms with E-state index in [4.69, 9.17) is 4.99 Å². The van der Waals surface area contributed by atoms with Crippen LogP contribution in [0.5, 0.6) is 0 Å². The number of fused-ring (bicyclic) bond motifs is 7. The van der Waals surface area contributed by atoms with Gasteiger partial charge in [0.05, 0.1) is 10.2 Å². The van der Waals surface area contributed by atoms with Crippen molar-refractivity contribution < 1.29 is 0 Å². The fraction of sp³-hybridized carbons (Fsp3) is 0.125. The van der Waals surface area contributed by atoms with Crippen molar-refractivity contribution in [2.45, 2.75) is 19.5 Å². The molecule has 8 rings (SSSR count). The van der Waals surface area contributed by atoms with Gasteiger partial charge in [0.25, 0.3) is 0 Å². The SMILES string of the molecule is CNC(N=Cc1ccc(-n2c3c(c4ccc5c6ccccc6sc5c42)CC(C)C=C3)cc1)c1cccc(-c2ccccc2)c1. The molecule has 0 amide bonds. The van der Waals surface area contributed by atoms with Crippen molar-refractivity contribution in [3.8, 4) is 16.8 Å². The largest absolute Gasteiger partial charge is 0.308 e. The minimum atomic E-state index is -0.132. The quantitative estimate of drug-likeness (QED) is 0.193. The molecular weight excluding hydrogens is 555 g/mol. The van der Waals surface area contributed by atoms with Gasteiger partial charge < -0.3 is 4.57 Å². The summed E-state index contributed by atoms with van der Waals surface area (Å²) in [6.07, 6.45) is 7.60. The third kappa shape index (κ3) is 4.59. The normalized spacial score (nSPS) is 15.5. The Morgan fingerprint density at radius 3 is 2.43 bits per heavy atom. The topological polar surface area (TPSA) is 29.3 Å². The Bertz CT molecular complexity index is 2200. The summed E-state index contributed by atoms with van der Waals surface area (Å²) in [5.41, 5.74) is 9.88. The molecule has 1 N–H and O–H groups in total. The van der Waals surface area contributed by atoms with Crippen molar-refractivity contribution in [1.29, 1.82) is 0 Å².